The minimum absolute atomic E-state index is 0.771. The lowest BCUT2D eigenvalue weighted by Crippen LogP contribution is -2.46. The molecule has 2 fully saturated rings. The molecule has 0 aromatic carbocycles. The molecular formula is C14H22N2S. The van der Waals surface area contributed by atoms with E-state index in [0.717, 1.165) is 18.6 Å². The molecule has 3 heterocycles. The molecule has 1 aromatic rings. The maximum atomic E-state index is 3.75. The average molecular weight is 250 g/mol. The van der Waals surface area contributed by atoms with Crippen LogP contribution in [0.15, 0.2) is 16.8 Å². The first kappa shape index (κ1) is 11.7. The van der Waals surface area contributed by atoms with Gasteiger partial charge in [-0.3, -0.25) is 0 Å². The predicted octanol–water partition coefficient (Wildman–Crippen LogP) is 2.51. The van der Waals surface area contributed by atoms with Gasteiger partial charge in [-0.05, 0) is 74.1 Å². The monoisotopic (exact) mass is 250 g/mol. The molecule has 94 valence electrons. The SMILES string of the molecule is c1cc(CCNC2CCN3CCCC3C2)cs1. The van der Waals surface area contributed by atoms with Gasteiger partial charge in [0.15, 0.2) is 0 Å². The summed E-state index contributed by atoms with van der Waals surface area (Å²) in [5.74, 6) is 0. The van der Waals surface area contributed by atoms with Crippen molar-refractivity contribution in [1.29, 1.82) is 0 Å². The molecule has 0 amide bonds. The Morgan fingerprint density at radius 1 is 1.35 bits per heavy atom. The summed E-state index contributed by atoms with van der Waals surface area (Å²) in [6.45, 7) is 3.82. The van der Waals surface area contributed by atoms with E-state index in [0.29, 0.717) is 0 Å². The summed E-state index contributed by atoms with van der Waals surface area (Å²) < 4.78 is 0. The number of fused-ring (bicyclic) bond motifs is 1. The summed E-state index contributed by atoms with van der Waals surface area (Å²) in [5.41, 5.74) is 1.49. The molecule has 3 heteroatoms. The lowest BCUT2D eigenvalue weighted by atomic mass is 9.97. The van der Waals surface area contributed by atoms with E-state index in [1.807, 2.05) is 0 Å². The molecule has 2 aliphatic rings. The minimum atomic E-state index is 0.771. The van der Waals surface area contributed by atoms with Crippen molar-refractivity contribution in [2.75, 3.05) is 19.6 Å². The molecule has 0 spiro atoms. The van der Waals surface area contributed by atoms with Gasteiger partial charge in [0.25, 0.3) is 0 Å². The molecule has 2 aliphatic heterocycles. The topological polar surface area (TPSA) is 15.3 Å². The van der Waals surface area contributed by atoms with E-state index in [4.69, 9.17) is 0 Å². The van der Waals surface area contributed by atoms with E-state index < -0.39 is 0 Å². The van der Waals surface area contributed by atoms with Gasteiger partial charge in [0.2, 0.25) is 0 Å². The predicted molar refractivity (Wildman–Crippen MR) is 73.6 cm³/mol. The van der Waals surface area contributed by atoms with E-state index in [1.54, 1.807) is 11.3 Å². The van der Waals surface area contributed by atoms with Crippen LogP contribution in [-0.4, -0.2) is 36.6 Å². The average Bonchev–Trinajstić information content (AvgIpc) is 2.98. The number of piperidine rings is 1. The van der Waals surface area contributed by atoms with Crippen LogP contribution in [0.3, 0.4) is 0 Å². The number of thiophene rings is 1. The van der Waals surface area contributed by atoms with Crippen molar-refractivity contribution in [3.63, 3.8) is 0 Å². The van der Waals surface area contributed by atoms with E-state index in [2.05, 4.69) is 27.0 Å². The van der Waals surface area contributed by atoms with Crippen molar-refractivity contribution in [2.45, 2.75) is 44.2 Å². The van der Waals surface area contributed by atoms with Crippen molar-refractivity contribution in [3.05, 3.63) is 22.4 Å². The summed E-state index contributed by atoms with van der Waals surface area (Å²) in [4.78, 5) is 2.69. The van der Waals surface area contributed by atoms with Crippen LogP contribution in [0.25, 0.3) is 0 Å². The molecule has 1 aromatic heterocycles. The van der Waals surface area contributed by atoms with Gasteiger partial charge in [0.05, 0.1) is 0 Å². The Hall–Kier alpha value is -0.380. The lowest BCUT2D eigenvalue weighted by Gasteiger charge is -2.35. The summed E-state index contributed by atoms with van der Waals surface area (Å²) in [6.07, 6.45) is 6.77. The molecule has 2 saturated heterocycles. The zero-order chi connectivity index (χ0) is 11.5. The molecule has 0 bridgehead atoms. The van der Waals surface area contributed by atoms with Crippen LogP contribution in [0.4, 0.5) is 0 Å². The summed E-state index contributed by atoms with van der Waals surface area (Å²) in [5, 5.41) is 8.19. The highest BCUT2D eigenvalue weighted by Crippen LogP contribution is 2.26. The number of nitrogens with zero attached hydrogens (tertiary/aromatic N) is 1. The second-order valence-electron chi connectivity index (χ2n) is 5.39. The van der Waals surface area contributed by atoms with Gasteiger partial charge in [0.1, 0.15) is 0 Å². The van der Waals surface area contributed by atoms with Crippen molar-refractivity contribution >= 4 is 11.3 Å². The van der Waals surface area contributed by atoms with Crippen LogP contribution in [0, 0.1) is 0 Å². The summed E-state index contributed by atoms with van der Waals surface area (Å²) >= 11 is 1.80. The third-order valence-corrected chi connectivity index (χ3v) is 4.98. The standard InChI is InChI=1S/C14H22N2S/c1-2-14-10-13(4-8-16(14)7-1)15-6-3-12-5-9-17-11-12/h5,9,11,13-15H,1-4,6-8,10H2. The lowest BCUT2D eigenvalue weighted by molar-refractivity contribution is 0.167. The van der Waals surface area contributed by atoms with Gasteiger partial charge in [-0.1, -0.05) is 0 Å². The highest BCUT2D eigenvalue weighted by molar-refractivity contribution is 7.07. The highest BCUT2D eigenvalue weighted by Gasteiger charge is 2.31. The number of rotatable bonds is 4. The summed E-state index contributed by atoms with van der Waals surface area (Å²) in [7, 11) is 0. The van der Waals surface area contributed by atoms with Crippen molar-refractivity contribution in [3.8, 4) is 0 Å². The Bertz CT molecular complexity index is 336. The van der Waals surface area contributed by atoms with Crippen LogP contribution in [0.1, 0.15) is 31.2 Å². The third-order valence-electron chi connectivity index (χ3n) is 4.25. The highest BCUT2D eigenvalue weighted by atomic mass is 32.1. The van der Waals surface area contributed by atoms with Crippen LogP contribution >= 0.6 is 11.3 Å². The van der Waals surface area contributed by atoms with Gasteiger partial charge in [-0.25, -0.2) is 0 Å². The van der Waals surface area contributed by atoms with E-state index in [-0.39, 0.29) is 0 Å². The first-order valence-corrected chi connectivity index (χ1v) is 7.84. The summed E-state index contributed by atoms with van der Waals surface area (Å²) in [6, 6.07) is 3.90. The minimum Gasteiger partial charge on any atom is -0.314 e. The molecule has 1 N–H and O–H groups in total. The van der Waals surface area contributed by atoms with Crippen LogP contribution < -0.4 is 5.32 Å². The second-order valence-corrected chi connectivity index (χ2v) is 6.17. The van der Waals surface area contributed by atoms with Crippen molar-refractivity contribution in [2.24, 2.45) is 0 Å². The molecule has 0 saturated carbocycles. The Morgan fingerprint density at radius 2 is 2.35 bits per heavy atom. The molecule has 2 unspecified atom stereocenters. The largest absolute Gasteiger partial charge is 0.314 e. The molecule has 2 atom stereocenters. The first-order valence-electron chi connectivity index (χ1n) is 6.90. The fourth-order valence-electron chi connectivity index (χ4n) is 3.27. The Balaban J connectivity index is 1.40. The van der Waals surface area contributed by atoms with E-state index in [1.165, 1.54) is 50.8 Å². The van der Waals surface area contributed by atoms with Gasteiger partial charge in [-0.15, -0.1) is 0 Å². The zero-order valence-electron chi connectivity index (χ0n) is 10.4. The Morgan fingerprint density at radius 3 is 3.24 bits per heavy atom. The maximum absolute atomic E-state index is 3.75. The smallest absolute Gasteiger partial charge is 0.0111 e. The van der Waals surface area contributed by atoms with Gasteiger partial charge in [0, 0.05) is 12.1 Å². The molecule has 0 radical (unpaired) electrons. The number of hydrogen-bond acceptors (Lipinski definition) is 3. The van der Waals surface area contributed by atoms with Gasteiger partial charge in [-0.2, -0.15) is 11.3 Å². The van der Waals surface area contributed by atoms with Crippen molar-refractivity contribution in [1.82, 2.24) is 10.2 Å². The molecule has 17 heavy (non-hydrogen) atoms. The van der Waals surface area contributed by atoms with Gasteiger partial charge >= 0.3 is 0 Å². The van der Waals surface area contributed by atoms with E-state index >= 15 is 0 Å². The van der Waals surface area contributed by atoms with Crippen LogP contribution in [-0.2, 0) is 6.42 Å². The fraction of sp³-hybridized carbons (Fsp3) is 0.714. The molecule has 2 nitrogen and oxygen atoms in total. The zero-order valence-corrected chi connectivity index (χ0v) is 11.2. The quantitative estimate of drug-likeness (QED) is 0.883. The second kappa shape index (κ2) is 5.51. The maximum Gasteiger partial charge on any atom is 0.0111 e. The fourth-order valence-corrected chi connectivity index (χ4v) is 3.97. The number of hydrogen-bond donors (Lipinski definition) is 1. The Kier molecular flexibility index (Phi) is 3.79. The van der Waals surface area contributed by atoms with E-state index in [9.17, 15) is 0 Å². The molecule has 3 rings (SSSR count). The van der Waals surface area contributed by atoms with Crippen LogP contribution in [0.5, 0.6) is 0 Å². The number of nitrogens with one attached hydrogen (secondary N) is 1. The Labute approximate surface area is 108 Å². The van der Waals surface area contributed by atoms with Crippen LogP contribution in [0.2, 0.25) is 0 Å². The van der Waals surface area contributed by atoms with Crippen molar-refractivity contribution < 1.29 is 0 Å². The molecular weight excluding hydrogens is 228 g/mol. The third kappa shape index (κ3) is 2.90. The molecule has 0 aliphatic carbocycles. The normalized spacial score (nSPS) is 29.4. The van der Waals surface area contributed by atoms with Gasteiger partial charge < -0.3 is 10.2 Å². The first-order chi connectivity index (χ1) is 8.42.